The minimum atomic E-state index is -0.439. The van der Waals surface area contributed by atoms with Gasteiger partial charge in [-0.15, -0.1) is 0 Å². The predicted molar refractivity (Wildman–Crippen MR) is 199 cm³/mol. The van der Waals surface area contributed by atoms with E-state index in [0.29, 0.717) is 0 Å². The Hall–Kier alpha value is -6.32. The second-order valence-corrected chi connectivity index (χ2v) is 13.3. The number of para-hydroxylation sites is 2. The smallest absolute Gasteiger partial charge is 0.159 e. The first kappa shape index (κ1) is 26.7. The average Bonchev–Trinajstić information content (AvgIpc) is 3.84. The van der Waals surface area contributed by atoms with Crippen molar-refractivity contribution in [3.63, 3.8) is 0 Å². The Kier molecular flexibility index (Phi) is 5.37. The van der Waals surface area contributed by atoms with Crippen LogP contribution in [0.15, 0.2) is 174 Å². The Bertz CT molecular complexity index is 2560. The highest BCUT2D eigenvalue weighted by Gasteiger charge is 2.46. The molecule has 0 spiro atoms. The van der Waals surface area contributed by atoms with E-state index >= 15 is 0 Å². The quantitative estimate of drug-likeness (QED) is 0.211. The van der Waals surface area contributed by atoms with Crippen molar-refractivity contribution in [3.8, 4) is 33.6 Å². The number of hydrogen-bond donors (Lipinski definition) is 1. The largest absolute Gasteiger partial charge is 0.454 e. The van der Waals surface area contributed by atoms with Crippen LogP contribution in [0.5, 0.6) is 0 Å². The maximum absolute atomic E-state index is 6.73. The van der Waals surface area contributed by atoms with Gasteiger partial charge in [-0.3, -0.25) is 0 Å². The van der Waals surface area contributed by atoms with Crippen molar-refractivity contribution in [2.45, 2.75) is 11.6 Å². The molecule has 1 unspecified atom stereocenters. The van der Waals surface area contributed by atoms with Gasteiger partial charge in [-0.2, -0.15) is 0 Å². The molecule has 49 heavy (non-hydrogen) atoms. The van der Waals surface area contributed by atoms with Crippen molar-refractivity contribution in [2.75, 3.05) is 10.2 Å². The fraction of sp³-hybridized carbons (Fsp3) is 0.0435. The molecule has 0 saturated carbocycles. The summed E-state index contributed by atoms with van der Waals surface area (Å²) in [5.41, 5.74) is 16.4. The normalized spacial score (nSPS) is 15.8. The van der Waals surface area contributed by atoms with Gasteiger partial charge in [-0.25, -0.2) is 0 Å². The van der Waals surface area contributed by atoms with Gasteiger partial charge >= 0.3 is 0 Å². The van der Waals surface area contributed by atoms with Crippen molar-refractivity contribution < 1.29 is 4.42 Å². The minimum absolute atomic E-state index is 0.00131. The summed E-state index contributed by atoms with van der Waals surface area (Å²) in [5, 5.41) is 4.91. The zero-order chi connectivity index (χ0) is 32.1. The summed E-state index contributed by atoms with van der Waals surface area (Å²) >= 11 is 0. The maximum atomic E-state index is 6.73. The number of anilines is 3. The molecule has 0 amide bonds. The third-order valence-electron chi connectivity index (χ3n) is 10.9. The van der Waals surface area contributed by atoms with Crippen LogP contribution < -0.4 is 10.2 Å². The number of benzene rings is 7. The third-order valence-corrected chi connectivity index (χ3v) is 10.9. The monoisotopic (exact) mass is 626 g/mol. The number of rotatable bonds is 3. The van der Waals surface area contributed by atoms with E-state index in [9.17, 15) is 0 Å². The number of nitrogens with zero attached hydrogens (tertiary/aromatic N) is 1. The fourth-order valence-electron chi connectivity index (χ4n) is 8.88. The van der Waals surface area contributed by atoms with E-state index in [1.54, 1.807) is 0 Å². The summed E-state index contributed by atoms with van der Waals surface area (Å²) in [4.78, 5) is 2.43. The molecule has 1 atom stereocenters. The molecule has 3 heteroatoms. The van der Waals surface area contributed by atoms with Crippen LogP contribution in [0.3, 0.4) is 0 Å². The van der Waals surface area contributed by atoms with Crippen LogP contribution >= 0.6 is 0 Å². The number of hydrogen-bond acceptors (Lipinski definition) is 3. The van der Waals surface area contributed by atoms with E-state index in [4.69, 9.17) is 4.42 Å². The molecular formula is C46H30N2O. The van der Waals surface area contributed by atoms with Crippen molar-refractivity contribution in [3.05, 3.63) is 198 Å². The average molecular weight is 627 g/mol. The Morgan fingerprint density at radius 3 is 1.98 bits per heavy atom. The van der Waals surface area contributed by atoms with Crippen LogP contribution in [-0.4, -0.2) is 0 Å². The number of furan rings is 1. The third kappa shape index (κ3) is 3.51. The zero-order valence-electron chi connectivity index (χ0n) is 26.6. The Morgan fingerprint density at radius 2 is 1.16 bits per heavy atom. The van der Waals surface area contributed by atoms with Crippen LogP contribution in [0.25, 0.3) is 44.5 Å². The molecule has 11 rings (SSSR count). The lowest BCUT2D eigenvalue weighted by Gasteiger charge is -2.34. The predicted octanol–water partition coefficient (Wildman–Crippen LogP) is 11.7. The Labute approximate surface area is 284 Å². The molecule has 0 saturated heterocycles. The highest BCUT2D eigenvalue weighted by atomic mass is 16.3. The van der Waals surface area contributed by atoms with Gasteiger partial charge in [-0.05, 0) is 74.8 Å². The van der Waals surface area contributed by atoms with Gasteiger partial charge in [0.2, 0.25) is 0 Å². The van der Waals surface area contributed by atoms with E-state index in [2.05, 4.69) is 180 Å². The maximum Gasteiger partial charge on any atom is 0.159 e. The molecule has 1 aromatic heterocycles. The van der Waals surface area contributed by atoms with Crippen LogP contribution in [0, 0.1) is 0 Å². The first-order chi connectivity index (χ1) is 24.3. The molecule has 0 fully saturated rings. The van der Waals surface area contributed by atoms with E-state index in [0.717, 1.165) is 33.7 Å². The minimum Gasteiger partial charge on any atom is -0.454 e. The SMILES string of the molecule is c1ccc(C2(c3ccccc3)c3ccccc3-c3ccc(-c4ccc5oc6c(c5c4)N4c5ccccc5NC4c4ccccc4-6)cc32)cc1. The highest BCUT2D eigenvalue weighted by Crippen LogP contribution is 2.59. The van der Waals surface area contributed by atoms with Gasteiger partial charge in [0.1, 0.15) is 11.7 Å². The Morgan fingerprint density at radius 1 is 0.531 bits per heavy atom. The van der Waals surface area contributed by atoms with Gasteiger partial charge in [0, 0.05) is 16.5 Å². The van der Waals surface area contributed by atoms with Gasteiger partial charge < -0.3 is 14.6 Å². The number of fused-ring (bicyclic) bond motifs is 13. The lowest BCUT2D eigenvalue weighted by molar-refractivity contribution is 0.622. The van der Waals surface area contributed by atoms with E-state index in [-0.39, 0.29) is 6.17 Å². The summed E-state index contributed by atoms with van der Waals surface area (Å²) in [5.74, 6) is 0.925. The van der Waals surface area contributed by atoms with Crippen LogP contribution in [-0.2, 0) is 5.41 Å². The first-order valence-electron chi connectivity index (χ1n) is 17.0. The summed E-state index contributed by atoms with van der Waals surface area (Å²) in [6, 6.07) is 61.9. The van der Waals surface area contributed by atoms with Crippen LogP contribution in [0.1, 0.15) is 34.0 Å². The molecule has 3 nitrogen and oxygen atoms in total. The van der Waals surface area contributed by atoms with Gasteiger partial charge in [-0.1, -0.05) is 140 Å². The van der Waals surface area contributed by atoms with E-state index in [1.165, 1.54) is 55.8 Å². The standard InChI is InChI=1S/C46H30N2O/c1-3-13-31(14-4-1)46(32-15-5-2-6-16-32)38-20-10-9-17-33(38)34-25-23-30(28-39(34)46)29-24-26-42-37(27-29)43-44(49-42)35-18-7-8-19-36(35)45-47-40-21-11-12-22-41(40)48(43)45/h1-28,45,47H. The van der Waals surface area contributed by atoms with E-state index in [1.807, 2.05) is 0 Å². The van der Waals surface area contributed by atoms with Gasteiger partial charge in [0.15, 0.2) is 5.76 Å². The molecule has 1 N–H and O–H groups in total. The van der Waals surface area contributed by atoms with Gasteiger partial charge in [0.05, 0.1) is 22.5 Å². The van der Waals surface area contributed by atoms with E-state index < -0.39 is 5.41 Å². The lowest BCUT2D eigenvalue weighted by Crippen LogP contribution is -2.28. The highest BCUT2D eigenvalue weighted by molar-refractivity contribution is 6.07. The van der Waals surface area contributed by atoms with Gasteiger partial charge in [0.25, 0.3) is 0 Å². The second kappa shape index (κ2) is 9.85. The van der Waals surface area contributed by atoms with Crippen molar-refractivity contribution >= 4 is 28.0 Å². The summed E-state index contributed by atoms with van der Waals surface area (Å²) in [7, 11) is 0. The molecule has 8 aromatic rings. The molecule has 7 aromatic carbocycles. The fourth-order valence-corrected chi connectivity index (χ4v) is 8.88. The second-order valence-electron chi connectivity index (χ2n) is 13.3. The molecule has 1 aliphatic carbocycles. The van der Waals surface area contributed by atoms with Crippen molar-refractivity contribution in [2.24, 2.45) is 0 Å². The molecule has 230 valence electrons. The summed E-state index contributed by atoms with van der Waals surface area (Å²) in [6.45, 7) is 0. The first-order valence-corrected chi connectivity index (χ1v) is 17.0. The Balaban J connectivity index is 1.15. The van der Waals surface area contributed by atoms with Crippen LogP contribution in [0.4, 0.5) is 17.1 Å². The number of nitrogens with one attached hydrogen (secondary N) is 1. The van der Waals surface area contributed by atoms with Crippen molar-refractivity contribution in [1.82, 2.24) is 0 Å². The van der Waals surface area contributed by atoms with Crippen molar-refractivity contribution in [1.29, 1.82) is 0 Å². The molecular weight excluding hydrogens is 597 g/mol. The molecule has 0 bridgehead atoms. The molecule has 3 heterocycles. The topological polar surface area (TPSA) is 28.4 Å². The molecule has 2 aliphatic heterocycles. The summed E-state index contributed by atoms with van der Waals surface area (Å²) < 4.78 is 6.73. The zero-order valence-corrected chi connectivity index (χ0v) is 26.6. The lowest BCUT2D eigenvalue weighted by atomic mass is 9.67. The summed E-state index contributed by atoms with van der Waals surface area (Å²) in [6.07, 6.45) is 0.00131. The molecule has 3 aliphatic rings. The molecule has 0 radical (unpaired) electrons. The van der Waals surface area contributed by atoms with Crippen LogP contribution in [0.2, 0.25) is 0 Å².